The molecule has 0 spiro atoms. The highest BCUT2D eigenvalue weighted by Crippen LogP contribution is 2.17. The lowest BCUT2D eigenvalue weighted by Gasteiger charge is -2.18. The maximum absolute atomic E-state index is 12.0. The van der Waals surface area contributed by atoms with Gasteiger partial charge in [0.2, 0.25) is 0 Å². The summed E-state index contributed by atoms with van der Waals surface area (Å²) < 4.78 is 5.46. The Morgan fingerprint density at radius 3 is 2.15 bits per heavy atom. The summed E-state index contributed by atoms with van der Waals surface area (Å²) in [7, 11) is -1.09. The molecule has 0 saturated carbocycles. The standard InChI is InChI=1S/C17H36O2Si/c1-6-8-9-10-11-12-13-16(7-2)17(18)19-14-15-20(3,4)5/h16H,6-15H2,1-5H3. The molecular weight excluding hydrogens is 264 g/mol. The smallest absolute Gasteiger partial charge is 0.308 e. The molecule has 0 bridgehead atoms. The minimum Gasteiger partial charge on any atom is -0.466 e. The van der Waals surface area contributed by atoms with Gasteiger partial charge in [-0.15, -0.1) is 0 Å². The SMILES string of the molecule is CCCCCCCCC(CC)C(=O)OCC[Si](C)(C)C. The van der Waals surface area contributed by atoms with Gasteiger partial charge in [-0.05, 0) is 18.9 Å². The van der Waals surface area contributed by atoms with Crippen LogP contribution >= 0.6 is 0 Å². The van der Waals surface area contributed by atoms with E-state index in [0.29, 0.717) is 6.61 Å². The van der Waals surface area contributed by atoms with E-state index in [4.69, 9.17) is 4.74 Å². The summed E-state index contributed by atoms with van der Waals surface area (Å²) in [6, 6.07) is 1.08. The van der Waals surface area contributed by atoms with Crippen LogP contribution in [0.1, 0.15) is 65.2 Å². The molecule has 0 aliphatic carbocycles. The van der Waals surface area contributed by atoms with Crippen LogP contribution in [-0.4, -0.2) is 20.7 Å². The molecule has 2 nitrogen and oxygen atoms in total. The van der Waals surface area contributed by atoms with Crippen molar-refractivity contribution in [2.24, 2.45) is 5.92 Å². The van der Waals surface area contributed by atoms with Crippen molar-refractivity contribution in [2.45, 2.75) is 90.9 Å². The third-order valence-corrected chi connectivity index (χ3v) is 5.53. The molecule has 0 amide bonds. The highest BCUT2D eigenvalue weighted by Gasteiger charge is 2.19. The maximum Gasteiger partial charge on any atom is 0.308 e. The Morgan fingerprint density at radius 2 is 1.60 bits per heavy atom. The fourth-order valence-electron chi connectivity index (χ4n) is 2.24. The number of carbonyl (C=O) groups is 1. The first-order valence-corrected chi connectivity index (χ1v) is 12.3. The van der Waals surface area contributed by atoms with Crippen LogP contribution in [0.4, 0.5) is 0 Å². The van der Waals surface area contributed by atoms with Crippen LogP contribution in [0.5, 0.6) is 0 Å². The van der Waals surface area contributed by atoms with E-state index in [1.54, 1.807) is 0 Å². The number of hydrogen-bond acceptors (Lipinski definition) is 2. The first-order chi connectivity index (χ1) is 9.40. The molecule has 120 valence electrons. The van der Waals surface area contributed by atoms with Crippen LogP contribution < -0.4 is 0 Å². The highest BCUT2D eigenvalue weighted by molar-refractivity contribution is 6.76. The predicted molar refractivity (Wildman–Crippen MR) is 90.9 cm³/mol. The van der Waals surface area contributed by atoms with E-state index in [2.05, 4.69) is 33.5 Å². The van der Waals surface area contributed by atoms with Gasteiger partial charge < -0.3 is 4.74 Å². The molecule has 3 heteroatoms. The summed E-state index contributed by atoms with van der Waals surface area (Å²) in [5.41, 5.74) is 0. The molecule has 0 saturated heterocycles. The summed E-state index contributed by atoms with van der Waals surface area (Å²) in [4.78, 5) is 12.0. The zero-order valence-electron chi connectivity index (χ0n) is 14.5. The molecule has 0 aromatic carbocycles. The minimum atomic E-state index is -1.09. The van der Waals surface area contributed by atoms with Crippen molar-refractivity contribution in [3.63, 3.8) is 0 Å². The van der Waals surface area contributed by atoms with Gasteiger partial charge in [0.25, 0.3) is 0 Å². The van der Waals surface area contributed by atoms with Crippen molar-refractivity contribution in [1.82, 2.24) is 0 Å². The Hall–Kier alpha value is -0.313. The molecule has 0 fully saturated rings. The van der Waals surface area contributed by atoms with Crippen molar-refractivity contribution in [3.8, 4) is 0 Å². The number of carbonyl (C=O) groups excluding carboxylic acids is 1. The zero-order chi connectivity index (χ0) is 15.4. The molecule has 0 aromatic heterocycles. The number of unbranched alkanes of at least 4 members (excludes halogenated alkanes) is 5. The second-order valence-electron chi connectivity index (χ2n) is 7.14. The Balaban J connectivity index is 3.74. The number of esters is 1. The van der Waals surface area contributed by atoms with E-state index in [1.807, 2.05) is 0 Å². The summed E-state index contributed by atoms with van der Waals surface area (Å²) in [5.74, 6) is 0.169. The van der Waals surface area contributed by atoms with Gasteiger partial charge in [0.05, 0.1) is 12.5 Å². The van der Waals surface area contributed by atoms with E-state index in [-0.39, 0.29) is 11.9 Å². The summed E-state index contributed by atoms with van der Waals surface area (Å²) in [5, 5.41) is 0. The number of rotatable bonds is 12. The minimum absolute atomic E-state index is 0.0410. The van der Waals surface area contributed by atoms with E-state index in [9.17, 15) is 4.79 Å². The van der Waals surface area contributed by atoms with E-state index < -0.39 is 8.07 Å². The predicted octanol–water partition coefficient (Wildman–Crippen LogP) is 5.64. The highest BCUT2D eigenvalue weighted by atomic mass is 28.3. The van der Waals surface area contributed by atoms with Gasteiger partial charge in [-0.25, -0.2) is 0 Å². The fraction of sp³-hybridized carbons (Fsp3) is 0.941. The molecule has 1 atom stereocenters. The molecular formula is C17H36O2Si. The van der Waals surface area contributed by atoms with E-state index in [0.717, 1.165) is 18.9 Å². The lowest BCUT2D eigenvalue weighted by atomic mass is 9.98. The second kappa shape index (κ2) is 11.4. The third kappa shape index (κ3) is 11.5. The average molecular weight is 301 g/mol. The summed E-state index contributed by atoms with van der Waals surface area (Å²) in [6.45, 7) is 11.9. The topological polar surface area (TPSA) is 26.3 Å². The monoisotopic (exact) mass is 300 g/mol. The first-order valence-electron chi connectivity index (χ1n) is 8.57. The average Bonchev–Trinajstić information content (AvgIpc) is 2.36. The molecule has 1 unspecified atom stereocenters. The fourth-order valence-corrected chi connectivity index (χ4v) is 2.95. The van der Waals surface area contributed by atoms with Crippen LogP contribution in [0, 0.1) is 5.92 Å². The van der Waals surface area contributed by atoms with Crippen molar-refractivity contribution >= 4 is 14.0 Å². The van der Waals surface area contributed by atoms with Crippen molar-refractivity contribution in [2.75, 3.05) is 6.61 Å². The quantitative estimate of drug-likeness (QED) is 0.265. The molecule has 0 aliphatic heterocycles. The van der Waals surface area contributed by atoms with Gasteiger partial charge in [-0.1, -0.05) is 72.0 Å². The maximum atomic E-state index is 12.0. The Bertz CT molecular complexity index is 246. The molecule has 0 rings (SSSR count). The molecule has 0 N–H and O–H groups in total. The first kappa shape index (κ1) is 19.7. The zero-order valence-corrected chi connectivity index (χ0v) is 15.5. The molecule has 0 aromatic rings. The van der Waals surface area contributed by atoms with E-state index >= 15 is 0 Å². The van der Waals surface area contributed by atoms with Gasteiger partial charge in [0.1, 0.15) is 0 Å². The number of hydrogen-bond donors (Lipinski definition) is 0. The van der Waals surface area contributed by atoms with Gasteiger partial charge >= 0.3 is 5.97 Å². The lowest BCUT2D eigenvalue weighted by molar-refractivity contribution is -0.148. The van der Waals surface area contributed by atoms with Crippen molar-refractivity contribution < 1.29 is 9.53 Å². The van der Waals surface area contributed by atoms with Crippen LogP contribution in [-0.2, 0) is 9.53 Å². The van der Waals surface area contributed by atoms with Crippen LogP contribution in [0.2, 0.25) is 25.7 Å². The Kier molecular flexibility index (Phi) is 11.2. The van der Waals surface area contributed by atoms with Gasteiger partial charge in [0, 0.05) is 8.07 Å². The summed E-state index contributed by atoms with van der Waals surface area (Å²) >= 11 is 0. The molecule has 0 radical (unpaired) electrons. The Morgan fingerprint density at radius 1 is 1.00 bits per heavy atom. The molecule has 20 heavy (non-hydrogen) atoms. The Labute approximate surface area is 127 Å². The van der Waals surface area contributed by atoms with Crippen LogP contribution in [0.15, 0.2) is 0 Å². The molecule has 0 aliphatic rings. The van der Waals surface area contributed by atoms with Crippen molar-refractivity contribution in [3.05, 3.63) is 0 Å². The lowest BCUT2D eigenvalue weighted by Crippen LogP contribution is -2.24. The normalized spacial score (nSPS) is 13.2. The van der Waals surface area contributed by atoms with Gasteiger partial charge in [-0.2, -0.15) is 0 Å². The van der Waals surface area contributed by atoms with E-state index in [1.165, 1.54) is 38.5 Å². The van der Waals surface area contributed by atoms with Gasteiger partial charge in [0.15, 0.2) is 0 Å². The summed E-state index contributed by atoms with van der Waals surface area (Å²) in [6.07, 6.45) is 9.65. The largest absolute Gasteiger partial charge is 0.466 e. The molecule has 0 heterocycles. The second-order valence-corrected chi connectivity index (χ2v) is 12.8. The van der Waals surface area contributed by atoms with Crippen LogP contribution in [0.3, 0.4) is 0 Å². The van der Waals surface area contributed by atoms with Crippen LogP contribution in [0.25, 0.3) is 0 Å². The van der Waals surface area contributed by atoms with Crippen molar-refractivity contribution in [1.29, 1.82) is 0 Å². The number of ether oxygens (including phenoxy) is 1. The van der Waals surface area contributed by atoms with Gasteiger partial charge in [-0.3, -0.25) is 4.79 Å². The third-order valence-electron chi connectivity index (χ3n) is 3.83.